The minimum Gasteiger partial charge on any atom is -0.343 e. The number of nitrogens with one attached hydrogen (secondary N) is 1. The third-order valence-electron chi connectivity index (χ3n) is 5.47. The van der Waals surface area contributed by atoms with Crippen LogP contribution in [0.5, 0.6) is 0 Å². The van der Waals surface area contributed by atoms with Crippen molar-refractivity contribution >= 4 is 21.6 Å². The molecule has 3 rings (SSSR count). The molecule has 1 amide bonds. The van der Waals surface area contributed by atoms with Gasteiger partial charge in [0.15, 0.2) is 0 Å². The second kappa shape index (κ2) is 7.99. The molecule has 1 aromatic carbocycles. The van der Waals surface area contributed by atoms with Gasteiger partial charge in [0.1, 0.15) is 10.6 Å². The monoisotopic (exact) mass is 403 g/mol. The van der Waals surface area contributed by atoms with Crippen molar-refractivity contribution in [2.24, 2.45) is 7.05 Å². The molecule has 7 heteroatoms. The largest absolute Gasteiger partial charge is 0.343 e. The van der Waals surface area contributed by atoms with E-state index >= 15 is 0 Å². The number of nitrogens with zero attached hydrogens (tertiary/aromatic N) is 2. The molecule has 152 valence electrons. The van der Waals surface area contributed by atoms with Crippen molar-refractivity contribution in [3.05, 3.63) is 47.3 Å². The second-order valence-corrected chi connectivity index (χ2v) is 9.42. The molecule has 1 fully saturated rings. The van der Waals surface area contributed by atoms with Gasteiger partial charge in [0.25, 0.3) is 15.9 Å². The van der Waals surface area contributed by atoms with Crippen molar-refractivity contribution in [3.63, 3.8) is 0 Å². The molecule has 2 heterocycles. The predicted molar refractivity (Wildman–Crippen MR) is 111 cm³/mol. The Bertz CT molecular complexity index is 954. The standard InChI is InChI=1S/C21H29N3O3S/c1-15(2)17-8-10-18(11-9-17)22-28(26,27)20-14-19(23(4)16(20)3)21(25)24-12-6-5-7-13-24/h8-11,14-15,22H,5-7,12-13H2,1-4H3. The number of anilines is 1. The Hall–Kier alpha value is -2.28. The van der Waals surface area contributed by atoms with Gasteiger partial charge in [-0.15, -0.1) is 0 Å². The van der Waals surface area contributed by atoms with E-state index in [9.17, 15) is 13.2 Å². The van der Waals surface area contributed by atoms with E-state index in [1.54, 1.807) is 30.7 Å². The molecule has 0 saturated carbocycles. The van der Waals surface area contributed by atoms with Crippen molar-refractivity contribution in [1.82, 2.24) is 9.47 Å². The van der Waals surface area contributed by atoms with E-state index in [1.165, 1.54) is 6.07 Å². The Balaban J connectivity index is 1.86. The van der Waals surface area contributed by atoms with Crippen LogP contribution in [0.2, 0.25) is 0 Å². The fourth-order valence-corrected chi connectivity index (χ4v) is 4.90. The summed E-state index contributed by atoms with van der Waals surface area (Å²) in [5.41, 5.74) is 2.62. The molecule has 0 atom stereocenters. The summed E-state index contributed by atoms with van der Waals surface area (Å²) in [4.78, 5) is 14.8. The smallest absolute Gasteiger partial charge is 0.270 e. The topological polar surface area (TPSA) is 71.4 Å². The Morgan fingerprint density at radius 1 is 1.07 bits per heavy atom. The van der Waals surface area contributed by atoms with Gasteiger partial charge in [0, 0.05) is 31.5 Å². The average molecular weight is 404 g/mol. The Morgan fingerprint density at radius 3 is 2.25 bits per heavy atom. The van der Waals surface area contributed by atoms with Crippen molar-refractivity contribution in [3.8, 4) is 0 Å². The highest BCUT2D eigenvalue weighted by Crippen LogP contribution is 2.25. The number of carbonyl (C=O) groups excluding carboxylic acids is 1. The maximum absolute atomic E-state index is 13.0. The highest BCUT2D eigenvalue weighted by Gasteiger charge is 2.27. The zero-order chi connectivity index (χ0) is 20.5. The van der Waals surface area contributed by atoms with Gasteiger partial charge in [-0.1, -0.05) is 26.0 Å². The number of likely N-dealkylation sites (tertiary alicyclic amines) is 1. The van der Waals surface area contributed by atoms with Crippen molar-refractivity contribution < 1.29 is 13.2 Å². The molecule has 6 nitrogen and oxygen atoms in total. The van der Waals surface area contributed by atoms with Crippen molar-refractivity contribution in [1.29, 1.82) is 0 Å². The van der Waals surface area contributed by atoms with E-state index in [1.807, 2.05) is 17.0 Å². The summed E-state index contributed by atoms with van der Waals surface area (Å²) in [7, 11) is -2.05. The lowest BCUT2D eigenvalue weighted by Gasteiger charge is -2.26. The van der Waals surface area contributed by atoms with E-state index in [-0.39, 0.29) is 10.8 Å². The highest BCUT2D eigenvalue weighted by molar-refractivity contribution is 7.92. The van der Waals surface area contributed by atoms with E-state index in [0.29, 0.717) is 23.0 Å². The van der Waals surface area contributed by atoms with Crippen LogP contribution >= 0.6 is 0 Å². The zero-order valence-corrected chi connectivity index (χ0v) is 17.8. The second-order valence-electron chi connectivity index (χ2n) is 7.77. The zero-order valence-electron chi connectivity index (χ0n) is 17.0. The molecule has 28 heavy (non-hydrogen) atoms. The summed E-state index contributed by atoms with van der Waals surface area (Å²) in [6.45, 7) is 7.36. The molecule has 0 unspecified atom stereocenters. The van der Waals surface area contributed by atoms with Crippen LogP contribution in [0.15, 0.2) is 35.2 Å². The minimum atomic E-state index is -3.78. The molecule has 0 spiro atoms. The van der Waals surface area contributed by atoms with Crippen molar-refractivity contribution in [2.75, 3.05) is 17.8 Å². The van der Waals surface area contributed by atoms with Crippen LogP contribution in [-0.4, -0.2) is 36.9 Å². The molecule has 0 aliphatic carbocycles. The van der Waals surface area contributed by atoms with E-state index in [0.717, 1.165) is 37.9 Å². The van der Waals surface area contributed by atoms with Gasteiger partial charge >= 0.3 is 0 Å². The number of aromatic nitrogens is 1. The summed E-state index contributed by atoms with van der Waals surface area (Å²) in [6, 6.07) is 8.88. The van der Waals surface area contributed by atoms with Crippen LogP contribution in [-0.2, 0) is 17.1 Å². The highest BCUT2D eigenvalue weighted by atomic mass is 32.2. The average Bonchev–Trinajstić information content (AvgIpc) is 2.98. The number of carbonyl (C=O) groups is 1. The first-order valence-corrected chi connectivity index (χ1v) is 11.3. The number of sulfonamides is 1. The van der Waals surface area contributed by atoms with Crippen molar-refractivity contribution in [2.45, 2.75) is 50.8 Å². The molecule has 0 bridgehead atoms. The molecule has 1 aromatic heterocycles. The van der Waals surface area contributed by atoms with E-state index in [4.69, 9.17) is 0 Å². The summed E-state index contributed by atoms with van der Waals surface area (Å²) in [6.07, 6.45) is 3.12. The molecule has 1 saturated heterocycles. The fourth-order valence-electron chi connectivity index (χ4n) is 3.55. The Kier molecular flexibility index (Phi) is 5.84. The van der Waals surface area contributed by atoms with Crippen LogP contribution < -0.4 is 4.72 Å². The van der Waals surface area contributed by atoms with Gasteiger partial charge < -0.3 is 9.47 Å². The first kappa shape index (κ1) is 20.5. The lowest BCUT2D eigenvalue weighted by molar-refractivity contribution is 0.0714. The van der Waals surface area contributed by atoms with E-state index < -0.39 is 10.0 Å². The van der Waals surface area contributed by atoms with Crippen LogP contribution in [0.25, 0.3) is 0 Å². The molecular weight excluding hydrogens is 374 g/mol. The van der Waals surface area contributed by atoms with Gasteiger partial charge in [0.05, 0.1) is 0 Å². The van der Waals surface area contributed by atoms with Crippen LogP contribution in [0.4, 0.5) is 5.69 Å². The van der Waals surface area contributed by atoms with Gasteiger partial charge in [-0.2, -0.15) is 0 Å². The SMILES string of the molecule is Cc1c(S(=O)(=O)Nc2ccc(C(C)C)cc2)cc(C(=O)N2CCCCC2)n1C. The maximum atomic E-state index is 13.0. The van der Waals surface area contributed by atoms with Crippen LogP contribution in [0, 0.1) is 6.92 Å². The molecule has 0 radical (unpaired) electrons. The summed E-state index contributed by atoms with van der Waals surface area (Å²) < 4.78 is 30.2. The number of amides is 1. The molecule has 1 aliphatic heterocycles. The number of hydrogen-bond donors (Lipinski definition) is 1. The summed E-state index contributed by atoms with van der Waals surface area (Å²) in [5.74, 6) is 0.276. The van der Waals surface area contributed by atoms with E-state index in [2.05, 4.69) is 18.6 Å². The number of benzene rings is 1. The lowest BCUT2D eigenvalue weighted by Crippen LogP contribution is -2.36. The normalized spacial score (nSPS) is 15.1. The van der Waals surface area contributed by atoms with Gasteiger partial charge in [-0.3, -0.25) is 9.52 Å². The fraction of sp³-hybridized carbons (Fsp3) is 0.476. The minimum absolute atomic E-state index is 0.104. The number of hydrogen-bond acceptors (Lipinski definition) is 3. The summed E-state index contributed by atoms with van der Waals surface area (Å²) in [5, 5.41) is 0. The van der Waals surface area contributed by atoms with Crippen LogP contribution in [0.3, 0.4) is 0 Å². The predicted octanol–water partition coefficient (Wildman–Crippen LogP) is 3.88. The Labute approximate surface area is 167 Å². The van der Waals surface area contributed by atoms with Crippen LogP contribution in [0.1, 0.15) is 60.8 Å². The molecule has 1 aliphatic rings. The molecular formula is C21H29N3O3S. The first-order valence-electron chi connectivity index (χ1n) is 9.79. The molecule has 2 aromatic rings. The quantitative estimate of drug-likeness (QED) is 0.823. The Morgan fingerprint density at radius 2 is 1.68 bits per heavy atom. The third-order valence-corrected chi connectivity index (χ3v) is 6.97. The number of rotatable bonds is 5. The summed E-state index contributed by atoms with van der Waals surface area (Å²) >= 11 is 0. The maximum Gasteiger partial charge on any atom is 0.270 e. The van der Waals surface area contributed by atoms with Gasteiger partial charge in [0.2, 0.25) is 0 Å². The first-order chi connectivity index (χ1) is 13.2. The number of piperidine rings is 1. The molecule has 1 N–H and O–H groups in total. The van der Waals surface area contributed by atoms with Gasteiger partial charge in [-0.05, 0) is 55.9 Å². The lowest BCUT2D eigenvalue weighted by atomic mass is 10.0. The third kappa shape index (κ3) is 4.09. The van der Waals surface area contributed by atoms with Gasteiger partial charge in [-0.25, -0.2) is 8.42 Å².